The zero-order valence-electron chi connectivity index (χ0n) is 11.3. The first-order valence-corrected chi connectivity index (χ1v) is 7.54. The van der Waals surface area contributed by atoms with Gasteiger partial charge in [-0.3, -0.25) is 4.98 Å². The molecule has 0 spiro atoms. The van der Waals surface area contributed by atoms with Crippen LogP contribution < -0.4 is 5.73 Å². The molecule has 3 heteroatoms. The van der Waals surface area contributed by atoms with E-state index in [1.54, 1.807) is 11.8 Å². The Kier molecular flexibility index (Phi) is 3.61. The lowest BCUT2D eigenvalue weighted by Crippen LogP contribution is -1.91. The van der Waals surface area contributed by atoms with E-state index >= 15 is 0 Å². The van der Waals surface area contributed by atoms with Gasteiger partial charge < -0.3 is 5.73 Å². The van der Waals surface area contributed by atoms with Gasteiger partial charge in [0.2, 0.25) is 0 Å². The van der Waals surface area contributed by atoms with Gasteiger partial charge in [-0.2, -0.15) is 0 Å². The Morgan fingerprint density at radius 1 is 1.05 bits per heavy atom. The lowest BCUT2D eigenvalue weighted by molar-refractivity contribution is 1.23. The minimum atomic E-state index is 0.811. The Morgan fingerprint density at radius 3 is 2.75 bits per heavy atom. The smallest absolute Gasteiger partial charge is 0.0708 e. The zero-order valence-corrected chi connectivity index (χ0v) is 12.2. The number of rotatable bonds is 3. The quantitative estimate of drug-likeness (QED) is 0.570. The molecule has 1 heterocycles. The van der Waals surface area contributed by atoms with Gasteiger partial charge in [-0.1, -0.05) is 24.3 Å². The van der Waals surface area contributed by atoms with Crippen LogP contribution in [0.1, 0.15) is 11.3 Å². The number of thioether (sulfide) groups is 1. The molecule has 1 aromatic heterocycles. The van der Waals surface area contributed by atoms with E-state index in [1.807, 2.05) is 31.2 Å². The van der Waals surface area contributed by atoms with Crippen molar-refractivity contribution in [3.05, 3.63) is 65.9 Å². The first-order valence-electron chi connectivity index (χ1n) is 6.56. The molecule has 100 valence electrons. The van der Waals surface area contributed by atoms with Gasteiger partial charge in [-0.25, -0.2) is 0 Å². The van der Waals surface area contributed by atoms with E-state index in [1.165, 1.54) is 15.8 Å². The van der Waals surface area contributed by atoms with E-state index in [0.29, 0.717) is 0 Å². The van der Waals surface area contributed by atoms with Gasteiger partial charge in [-0.15, -0.1) is 11.8 Å². The Hall–Kier alpha value is -2.00. The van der Waals surface area contributed by atoms with E-state index in [9.17, 15) is 0 Å². The van der Waals surface area contributed by atoms with Crippen LogP contribution in [0.5, 0.6) is 0 Å². The number of benzene rings is 2. The third kappa shape index (κ3) is 2.78. The van der Waals surface area contributed by atoms with Crippen LogP contribution in [0.4, 0.5) is 5.69 Å². The number of nitrogen functional groups attached to an aromatic ring is 1. The molecule has 0 radical (unpaired) electrons. The summed E-state index contributed by atoms with van der Waals surface area (Å²) in [4.78, 5) is 5.77. The van der Waals surface area contributed by atoms with Crippen molar-refractivity contribution < 1.29 is 0 Å². The van der Waals surface area contributed by atoms with E-state index in [4.69, 9.17) is 5.73 Å². The maximum absolute atomic E-state index is 5.82. The van der Waals surface area contributed by atoms with E-state index in [0.717, 1.165) is 22.7 Å². The Morgan fingerprint density at radius 2 is 1.90 bits per heavy atom. The molecule has 0 fully saturated rings. The highest BCUT2D eigenvalue weighted by atomic mass is 32.2. The van der Waals surface area contributed by atoms with Crippen LogP contribution in [0.25, 0.3) is 10.9 Å². The molecular weight excluding hydrogens is 264 g/mol. The number of fused-ring (bicyclic) bond motifs is 1. The monoisotopic (exact) mass is 280 g/mol. The fraction of sp³-hybridized carbons (Fsp3) is 0.118. The molecule has 3 rings (SSSR count). The van der Waals surface area contributed by atoms with Crippen LogP contribution in [0.15, 0.2) is 59.5 Å². The normalized spacial score (nSPS) is 10.8. The van der Waals surface area contributed by atoms with Gasteiger partial charge in [0, 0.05) is 27.4 Å². The fourth-order valence-electron chi connectivity index (χ4n) is 2.28. The summed E-state index contributed by atoms with van der Waals surface area (Å²) in [5.74, 6) is 0.924. The zero-order chi connectivity index (χ0) is 13.9. The van der Waals surface area contributed by atoms with Gasteiger partial charge in [0.15, 0.2) is 0 Å². The average molecular weight is 280 g/mol. The molecule has 2 nitrogen and oxygen atoms in total. The van der Waals surface area contributed by atoms with Crippen LogP contribution in [-0.2, 0) is 5.75 Å². The molecule has 0 aliphatic rings. The third-order valence-corrected chi connectivity index (χ3v) is 4.22. The predicted octanol–water partition coefficient (Wildman–Crippen LogP) is 4.42. The Bertz CT molecular complexity index is 753. The first-order chi connectivity index (χ1) is 9.72. The van der Waals surface area contributed by atoms with Crippen molar-refractivity contribution in [2.75, 3.05) is 5.73 Å². The standard InChI is InChI=1S/C17H16N2S/c1-12-9-13(16-7-2-3-8-17(16)19-12)11-20-15-6-4-5-14(18)10-15/h2-10H,11,18H2,1H3. The number of nitrogens with zero attached hydrogens (tertiary/aromatic N) is 1. The molecule has 0 bridgehead atoms. The maximum Gasteiger partial charge on any atom is 0.0708 e. The summed E-state index contributed by atoms with van der Waals surface area (Å²) < 4.78 is 0. The van der Waals surface area contributed by atoms with Crippen molar-refractivity contribution in [1.29, 1.82) is 0 Å². The maximum atomic E-state index is 5.82. The second-order valence-corrected chi connectivity index (χ2v) is 5.85. The van der Waals surface area contributed by atoms with Gasteiger partial charge in [-0.05, 0) is 42.8 Å². The molecule has 3 aromatic rings. The Balaban J connectivity index is 1.91. The molecule has 0 atom stereocenters. The second kappa shape index (κ2) is 5.55. The lowest BCUT2D eigenvalue weighted by Gasteiger charge is -2.08. The molecule has 0 saturated carbocycles. The van der Waals surface area contributed by atoms with Gasteiger partial charge in [0.05, 0.1) is 5.52 Å². The van der Waals surface area contributed by atoms with Crippen molar-refractivity contribution in [2.45, 2.75) is 17.6 Å². The summed E-state index contributed by atoms with van der Waals surface area (Å²) in [7, 11) is 0. The number of hydrogen-bond acceptors (Lipinski definition) is 3. The van der Waals surface area contributed by atoms with Crippen LogP contribution in [0.3, 0.4) is 0 Å². The summed E-state index contributed by atoms with van der Waals surface area (Å²) in [6, 6.07) is 18.5. The van der Waals surface area contributed by atoms with Gasteiger partial charge in [0.25, 0.3) is 0 Å². The number of nitrogens with two attached hydrogens (primary N) is 1. The van der Waals surface area contributed by atoms with Crippen molar-refractivity contribution >= 4 is 28.4 Å². The minimum absolute atomic E-state index is 0.811. The fourth-order valence-corrected chi connectivity index (χ4v) is 3.23. The first kappa shape index (κ1) is 13.0. The molecular formula is C17H16N2S. The summed E-state index contributed by atoms with van der Waals surface area (Å²) in [5, 5.41) is 1.23. The summed E-state index contributed by atoms with van der Waals surface area (Å²) in [6.45, 7) is 2.04. The number of hydrogen-bond donors (Lipinski definition) is 1. The highest BCUT2D eigenvalue weighted by molar-refractivity contribution is 7.98. The number of aryl methyl sites for hydroxylation is 1. The molecule has 2 N–H and O–H groups in total. The third-order valence-electron chi connectivity index (χ3n) is 3.18. The summed E-state index contributed by atoms with van der Waals surface area (Å²) >= 11 is 1.80. The molecule has 0 aliphatic heterocycles. The highest BCUT2D eigenvalue weighted by Crippen LogP contribution is 2.28. The summed E-state index contributed by atoms with van der Waals surface area (Å²) in [5.41, 5.74) is 10.1. The van der Waals surface area contributed by atoms with Crippen LogP contribution in [-0.4, -0.2) is 4.98 Å². The summed E-state index contributed by atoms with van der Waals surface area (Å²) in [6.07, 6.45) is 0. The average Bonchev–Trinajstić information content (AvgIpc) is 2.44. The molecule has 2 aromatic carbocycles. The molecule has 0 unspecified atom stereocenters. The molecule has 20 heavy (non-hydrogen) atoms. The van der Waals surface area contributed by atoms with Gasteiger partial charge in [0.1, 0.15) is 0 Å². The van der Waals surface area contributed by atoms with E-state index in [-0.39, 0.29) is 0 Å². The molecule has 0 amide bonds. The largest absolute Gasteiger partial charge is 0.399 e. The topological polar surface area (TPSA) is 38.9 Å². The molecule has 0 saturated heterocycles. The Labute approximate surface area is 123 Å². The van der Waals surface area contributed by atoms with Crippen molar-refractivity contribution in [1.82, 2.24) is 4.98 Å². The van der Waals surface area contributed by atoms with Crippen LogP contribution in [0.2, 0.25) is 0 Å². The van der Waals surface area contributed by atoms with Crippen molar-refractivity contribution in [3.8, 4) is 0 Å². The van der Waals surface area contributed by atoms with Crippen LogP contribution in [0, 0.1) is 6.92 Å². The van der Waals surface area contributed by atoms with Crippen molar-refractivity contribution in [2.24, 2.45) is 0 Å². The highest BCUT2D eigenvalue weighted by Gasteiger charge is 2.04. The number of aromatic nitrogens is 1. The lowest BCUT2D eigenvalue weighted by atomic mass is 10.1. The SMILES string of the molecule is Cc1cc(CSc2cccc(N)c2)c2ccccc2n1. The number of pyridine rings is 1. The molecule has 0 aliphatic carbocycles. The van der Waals surface area contributed by atoms with E-state index < -0.39 is 0 Å². The number of para-hydroxylation sites is 1. The second-order valence-electron chi connectivity index (χ2n) is 4.80. The minimum Gasteiger partial charge on any atom is -0.399 e. The number of anilines is 1. The van der Waals surface area contributed by atoms with Gasteiger partial charge >= 0.3 is 0 Å². The van der Waals surface area contributed by atoms with E-state index in [2.05, 4.69) is 35.3 Å². The predicted molar refractivity (Wildman–Crippen MR) is 86.9 cm³/mol. The van der Waals surface area contributed by atoms with Crippen LogP contribution >= 0.6 is 11.8 Å². The van der Waals surface area contributed by atoms with Crippen molar-refractivity contribution in [3.63, 3.8) is 0 Å².